The maximum Gasteiger partial charge on any atom is 0.218 e. The summed E-state index contributed by atoms with van der Waals surface area (Å²) < 4.78 is 5.71. The van der Waals surface area contributed by atoms with Crippen molar-refractivity contribution >= 4 is 5.82 Å². The van der Waals surface area contributed by atoms with E-state index in [0.29, 0.717) is 30.2 Å². The molecule has 4 heteroatoms. The zero-order chi connectivity index (χ0) is 14.4. The van der Waals surface area contributed by atoms with E-state index in [1.165, 1.54) is 0 Å². The minimum atomic E-state index is 0.294. The van der Waals surface area contributed by atoms with E-state index < -0.39 is 0 Å². The van der Waals surface area contributed by atoms with Crippen LogP contribution in [0.25, 0.3) is 0 Å². The van der Waals surface area contributed by atoms with Gasteiger partial charge in [0.25, 0.3) is 0 Å². The van der Waals surface area contributed by atoms with Gasteiger partial charge in [-0.2, -0.15) is 4.98 Å². The molecule has 0 aromatic carbocycles. The van der Waals surface area contributed by atoms with Gasteiger partial charge < -0.3 is 10.1 Å². The topological polar surface area (TPSA) is 47.0 Å². The Morgan fingerprint density at radius 1 is 1.05 bits per heavy atom. The molecule has 0 aliphatic rings. The molecule has 0 aliphatic carbocycles. The Morgan fingerprint density at radius 2 is 1.74 bits per heavy atom. The first-order valence-corrected chi connectivity index (χ1v) is 7.14. The predicted octanol–water partition coefficient (Wildman–Crippen LogP) is 3.70. The molecule has 0 fully saturated rings. The average molecular weight is 265 g/mol. The highest BCUT2D eigenvalue weighted by molar-refractivity contribution is 5.38. The first-order valence-electron chi connectivity index (χ1n) is 7.14. The third-order valence-electron chi connectivity index (χ3n) is 2.49. The number of nitrogens with zero attached hydrogens (tertiary/aromatic N) is 2. The normalized spacial score (nSPS) is 11.4. The van der Waals surface area contributed by atoms with Crippen LogP contribution in [0.4, 0.5) is 5.82 Å². The minimum absolute atomic E-state index is 0.294. The molecule has 4 nitrogen and oxygen atoms in total. The lowest BCUT2D eigenvalue weighted by Crippen LogP contribution is -2.13. The molecule has 0 aliphatic heterocycles. The van der Waals surface area contributed by atoms with Gasteiger partial charge >= 0.3 is 0 Å². The SMILES string of the molecule is CC(C)CNc1cc(OCC(C)C)nc(C(C)C)n1. The summed E-state index contributed by atoms with van der Waals surface area (Å²) >= 11 is 0. The Kier molecular flexibility index (Phi) is 6.06. The highest BCUT2D eigenvalue weighted by atomic mass is 16.5. The molecule has 1 heterocycles. The molecule has 0 atom stereocenters. The standard InChI is InChI=1S/C15H27N3O/c1-10(2)8-16-13-7-14(19-9-11(3)4)18-15(17-13)12(5)6/h7,10-12H,8-9H2,1-6H3,(H,16,17,18). The molecule has 108 valence electrons. The first kappa shape index (κ1) is 15.7. The number of ether oxygens (including phenoxy) is 1. The number of hydrogen-bond acceptors (Lipinski definition) is 4. The van der Waals surface area contributed by atoms with Crippen molar-refractivity contribution in [3.63, 3.8) is 0 Å². The number of hydrogen-bond donors (Lipinski definition) is 1. The molecule has 0 saturated heterocycles. The second-order valence-electron chi connectivity index (χ2n) is 6.08. The zero-order valence-corrected chi connectivity index (χ0v) is 13.0. The molecule has 1 rings (SSSR count). The van der Waals surface area contributed by atoms with E-state index in [-0.39, 0.29) is 0 Å². The van der Waals surface area contributed by atoms with Crippen molar-refractivity contribution in [1.29, 1.82) is 0 Å². The van der Waals surface area contributed by atoms with Crippen molar-refractivity contribution in [1.82, 2.24) is 9.97 Å². The van der Waals surface area contributed by atoms with E-state index in [0.717, 1.165) is 18.2 Å². The third kappa shape index (κ3) is 5.90. The van der Waals surface area contributed by atoms with Gasteiger partial charge in [0.1, 0.15) is 11.6 Å². The first-order chi connectivity index (χ1) is 8.88. The van der Waals surface area contributed by atoms with E-state index in [4.69, 9.17) is 4.74 Å². The second kappa shape index (κ2) is 7.31. The molecular weight excluding hydrogens is 238 g/mol. The highest BCUT2D eigenvalue weighted by Crippen LogP contribution is 2.19. The molecule has 0 saturated carbocycles. The summed E-state index contributed by atoms with van der Waals surface area (Å²) in [6, 6.07) is 1.89. The molecule has 19 heavy (non-hydrogen) atoms. The van der Waals surface area contributed by atoms with Crippen LogP contribution in [-0.2, 0) is 0 Å². The molecule has 1 aromatic rings. The van der Waals surface area contributed by atoms with E-state index in [2.05, 4.69) is 56.8 Å². The van der Waals surface area contributed by atoms with Crippen molar-refractivity contribution in [3.8, 4) is 5.88 Å². The van der Waals surface area contributed by atoms with Crippen LogP contribution in [-0.4, -0.2) is 23.1 Å². The zero-order valence-electron chi connectivity index (χ0n) is 13.0. The molecule has 0 unspecified atom stereocenters. The van der Waals surface area contributed by atoms with Crippen molar-refractivity contribution in [2.24, 2.45) is 11.8 Å². The van der Waals surface area contributed by atoms with Crippen LogP contribution in [0.5, 0.6) is 5.88 Å². The Hall–Kier alpha value is -1.32. The van der Waals surface area contributed by atoms with Crippen LogP contribution in [0.2, 0.25) is 0 Å². The van der Waals surface area contributed by atoms with Gasteiger partial charge in [0.05, 0.1) is 6.61 Å². The fraction of sp³-hybridized carbons (Fsp3) is 0.733. The molecule has 1 N–H and O–H groups in total. The summed E-state index contributed by atoms with van der Waals surface area (Å²) in [5.41, 5.74) is 0. The maximum absolute atomic E-state index is 5.71. The van der Waals surface area contributed by atoms with Crippen LogP contribution in [0.1, 0.15) is 53.3 Å². The monoisotopic (exact) mass is 265 g/mol. The van der Waals surface area contributed by atoms with E-state index >= 15 is 0 Å². The number of aromatic nitrogens is 2. The van der Waals surface area contributed by atoms with Crippen molar-refractivity contribution in [3.05, 3.63) is 11.9 Å². The molecule has 0 spiro atoms. The summed E-state index contributed by atoms with van der Waals surface area (Å²) in [7, 11) is 0. The lowest BCUT2D eigenvalue weighted by molar-refractivity contribution is 0.260. The maximum atomic E-state index is 5.71. The fourth-order valence-electron chi connectivity index (χ4n) is 1.43. The second-order valence-corrected chi connectivity index (χ2v) is 6.08. The lowest BCUT2D eigenvalue weighted by atomic mass is 10.2. The summed E-state index contributed by atoms with van der Waals surface area (Å²) in [4.78, 5) is 8.99. The van der Waals surface area contributed by atoms with E-state index in [9.17, 15) is 0 Å². The summed E-state index contributed by atoms with van der Waals surface area (Å²) in [5.74, 6) is 3.71. The van der Waals surface area contributed by atoms with Crippen LogP contribution in [0, 0.1) is 11.8 Å². The number of anilines is 1. The fourth-order valence-corrected chi connectivity index (χ4v) is 1.43. The third-order valence-corrected chi connectivity index (χ3v) is 2.49. The Morgan fingerprint density at radius 3 is 2.26 bits per heavy atom. The van der Waals surface area contributed by atoms with Crippen LogP contribution >= 0.6 is 0 Å². The highest BCUT2D eigenvalue weighted by Gasteiger charge is 2.09. The van der Waals surface area contributed by atoms with Gasteiger partial charge in [-0.1, -0.05) is 41.5 Å². The van der Waals surface area contributed by atoms with Crippen LogP contribution in [0.3, 0.4) is 0 Å². The van der Waals surface area contributed by atoms with Gasteiger partial charge in [0.2, 0.25) is 5.88 Å². The van der Waals surface area contributed by atoms with Gasteiger partial charge in [0.15, 0.2) is 0 Å². The average Bonchev–Trinajstić information content (AvgIpc) is 2.33. The Bertz CT molecular complexity index is 359. The molecule has 0 amide bonds. The molecule has 0 bridgehead atoms. The van der Waals surface area contributed by atoms with Crippen LogP contribution in [0.15, 0.2) is 6.07 Å². The van der Waals surface area contributed by atoms with Crippen molar-refractivity contribution in [2.75, 3.05) is 18.5 Å². The summed E-state index contributed by atoms with van der Waals surface area (Å²) in [6.45, 7) is 14.4. The van der Waals surface area contributed by atoms with Crippen molar-refractivity contribution < 1.29 is 4.74 Å². The molecule has 0 radical (unpaired) electrons. The van der Waals surface area contributed by atoms with Gasteiger partial charge in [-0.05, 0) is 11.8 Å². The van der Waals surface area contributed by atoms with Crippen molar-refractivity contribution in [2.45, 2.75) is 47.5 Å². The number of nitrogens with one attached hydrogen (secondary N) is 1. The van der Waals surface area contributed by atoms with E-state index in [1.807, 2.05) is 6.07 Å². The smallest absolute Gasteiger partial charge is 0.218 e. The lowest BCUT2D eigenvalue weighted by Gasteiger charge is -2.14. The largest absolute Gasteiger partial charge is 0.477 e. The van der Waals surface area contributed by atoms with Gasteiger partial charge in [-0.15, -0.1) is 0 Å². The Balaban J connectivity index is 2.84. The van der Waals surface area contributed by atoms with Crippen LogP contribution < -0.4 is 10.1 Å². The summed E-state index contributed by atoms with van der Waals surface area (Å²) in [6.07, 6.45) is 0. The van der Waals surface area contributed by atoms with E-state index in [1.54, 1.807) is 0 Å². The predicted molar refractivity (Wildman–Crippen MR) is 79.8 cm³/mol. The Labute approximate surface area is 117 Å². The summed E-state index contributed by atoms with van der Waals surface area (Å²) in [5, 5.41) is 3.34. The van der Waals surface area contributed by atoms with Gasteiger partial charge in [-0.25, -0.2) is 4.98 Å². The minimum Gasteiger partial charge on any atom is -0.477 e. The molecule has 1 aromatic heterocycles. The number of rotatable bonds is 7. The van der Waals surface area contributed by atoms with Gasteiger partial charge in [-0.3, -0.25) is 0 Å². The quantitative estimate of drug-likeness (QED) is 0.816. The van der Waals surface area contributed by atoms with Gasteiger partial charge in [0, 0.05) is 18.5 Å². The molecular formula is C15H27N3O.